The van der Waals surface area contributed by atoms with Crippen molar-refractivity contribution in [2.75, 3.05) is 6.61 Å². The van der Waals surface area contributed by atoms with Crippen LogP contribution >= 0.6 is 11.3 Å². The maximum absolute atomic E-state index is 8.46. The molecular weight excluding hydrogens is 156 g/mol. The van der Waals surface area contributed by atoms with Gasteiger partial charge in [-0.2, -0.15) is 11.3 Å². The van der Waals surface area contributed by atoms with Crippen molar-refractivity contribution >= 4 is 11.3 Å². The van der Waals surface area contributed by atoms with Crippen LogP contribution in [0.4, 0.5) is 0 Å². The third-order valence-electron chi connectivity index (χ3n) is 1.21. The minimum Gasteiger partial charge on any atom is -0.396 e. The first-order valence-corrected chi connectivity index (χ1v) is 4.49. The highest BCUT2D eigenvalue weighted by Crippen LogP contribution is 2.03. The molecule has 1 rings (SSSR count). The van der Waals surface area contributed by atoms with Gasteiger partial charge in [0.15, 0.2) is 0 Å². The predicted molar refractivity (Wildman–Crippen MR) is 47.5 cm³/mol. The van der Waals surface area contributed by atoms with Crippen LogP contribution in [0.2, 0.25) is 0 Å². The van der Waals surface area contributed by atoms with Crippen molar-refractivity contribution in [1.82, 2.24) is 0 Å². The molecule has 0 radical (unpaired) electrons. The summed E-state index contributed by atoms with van der Waals surface area (Å²) in [5, 5.41) is 12.5. The Balaban J connectivity index is 2.33. The zero-order valence-corrected chi connectivity index (χ0v) is 7.03. The number of thiophene rings is 1. The van der Waals surface area contributed by atoms with Crippen molar-refractivity contribution in [3.63, 3.8) is 0 Å². The van der Waals surface area contributed by atoms with Crippen molar-refractivity contribution in [2.24, 2.45) is 0 Å². The number of hydrogen-bond acceptors (Lipinski definition) is 2. The monoisotopic (exact) mass is 166 g/mol. The molecule has 58 valence electrons. The molecule has 0 saturated carbocycles. The summed E-state index contributed by atoms with van der Waals surface area (Å²) in [5.74, 6) is 5.99. The Labute approximate surface area is 70.7 Å². The summed E-state index contributed by atoms with van der Waals surface area (Å²) in [5.41, 5.74) is 1.08. The van der Waals surface area contributed by atoms with Crippen LogP contribution < -0.4 is 0 Å². The van der Waals surface area contributed by atoms with Crippen LogP contribution in [0.3, 0.4) is 0 Å². The summed E-state index contributed by atoms with van der Waals surface area (Å²) in [6.45, 7) is 0.234. The van der Waals surface area contributed by atoms with E-state index in [-0.39, 0.29) is 6.61 Å². The van der Waals surface area contributed by atoms with E-state index in [2.05, 4.69) is 11.8 Å². The Hall–Kier alpha value is -0.780. The Morgan fingerprint density at radius 2 is 2.45 bits per heavy atom. The van der Waals surface area contributed by atoms with E-state index in [1.165, 1.54) is 0 Å². The van der Waals surface area contributed by atoms with Crippen LogP contribution in [0.5, 0.6) is 0 Å². The second-order valence-corrected chi connectivity index (χ2v) is 2.92. The number of aliphatic hydroxyl groups is 1. The topological polar surface area (TPSA) is 20.2 Å². The fraction of sp³-hybridized carbons (Fsp3) is 0.333. The fourth-order valence-electron chi connectivity index (χ4n) is 0.668. The number of hydrogen-bond donors (Lipinski definition) is 1. The van der Waals surface area contributed by atoms with Gasteiger partial charge in [0.2, 0.25) is 0 Å². The normalized spacial score (nSPS) is 8.82. The molecule has 11 heavy (non-hydrogen) atoms. The lowest BCUT2D eigenvalue weighted by molar-refractivity contribution is 0.290. The standard InChI is InChI=1S/C9H10OS/c10-6-3-1-2-4-9-5-7-11-8-9/h5,7-8,10H,1,3,6H2. The second kappa shape index (κ2) is 4.95. The lowest BCUT2D eigenvalue weighted by Gasteiger charge is -1.82. The van der Waals surface area contributed by atoms with E-state index in [1.54, 1.807) is 11.3 Å². The Kier molecular flexibility index (Phi) is 3.74. The van der Waals surface area contributed by atoms with Gasteiger partial charge < -0.3 is 5.11 Å². The summed E-state index contributed by atoms with van der Waals surface area (Å²) < 4.78 is 0. The zero-order chi connectivity index (χ0) is 7.94. The first-order valence-electron chi connectivity index (χ1n) is 3.55. The molecule has 2 heteroatoms. The van der Waals surface area contributed by atoms with Crippen LogP contribution in [0, 0.1) is 11.8 Å². The van der Waals surface area contributed by atoms with Crippen LogP contribution in [-0.4, -0.2) is 11.7 Å². The molecule has 0 amide bonds. The molecule has 0 atom stereocenters. The molecule has 1 heterocycles. The number of aliphatic hydroxyl groups excluding tert-OH is 1. The van der Waals surface area contributed by atoms with Crippen molar-refractivity contribution in [2.45, 2.75) is 12.8 Å². The van der Waals surface area contributed by atoms with Crippen molar-refractivity contribution in [3.8, 4) is 11.8 Å². The molecule has 0 saturated heterocycles. The second-order valence-electron chi connectivity index (χ2n) is 2.14. The maximum Gasteiger partial charge on any atom is 0.0440 e. The Bertz CT molecular complexity index is 240. The smallest absolute Gasteiger partial charge is 0.0440 e. The first-order chi connectivity index (χ1) is 5.43. The molecule has 1 N–H and O–H groups in total. The molecular formula is C9H10OS. The van der Waals surface area contributed by atoms with Crippen molar-refractivity contribution in [3.05, 3.63) is 22.4 Å². The Morgan fingerprint density at radius 1 is 1.55 bits per heavy atom. The molecule has 1 aromatic rings. The average Bonchev–Trinajstić information content (AvgIpc) is 2.50. The fourth-order valence-corrected chi connectivity index (χ4v) is 1.26. The molecule has 0 aliphatic carbocycles. The number of rotatable bonds is 2. The van der Waals surface area contributed by atoms with Crippen molar-refractivity contribution < 1.29 is 5.11 Å². The molecule has 0 spiro atoms. The van der Waals surface area contributed by atoms with Gasteiger partial charge in [0.05, 0.1) is 0 Å². The Morgan fingerprint density at radius 3 is 3.09 bits per heavy atom. The first kappa shape index (κ1) is 8.32. The van der Waals surface area contributed by atoms with E-state index in [9.17, 15) is 0 Å². The number of unbranched alkanes of at least 4 members (excludes halogenated alkanes) is 1. The maximum atomic E-state index is 8.46. The third-order valence-corrected chi connectivity index (χ3v) is 1.90. The lowest BCUT2D eigenvalue weighted by Crippen LogP contribution is -1.78. The van der Waals surface area contributed by atoms with Crippen LogP contribution in [0.25, 0.3) is 0 Å². The zero-order valence-electron chi connectivity index (χ0n) is 6.21. The minimum atomic E-state index is 0.234. The van der Waals surface area contributed by atoms with E-state index >= 15 is 0 Å². The van der Waals surface area contributed by atoms with Gasteiger partial charge in [0, 0.05) is 24.0 Å². The highest BCUT2D eigenvalue weighted by atomic mass is 32.1. The summed E-state index contributed by atoms with van der Waals surface area (Å²) in [4.78, 5) is 0. The van der Waals surface area contributed by atoms with Gasteiger partial charge in [-0.15, -0.1) is 0 Å². The summed E-state index contributed by atoms with van der Waals surface area (Å²) >= 11 is 1.65. The third kappa shape index (κ3) is 3.22. The van der Waals surface area contributed by atoms with Gasteiger partial charge >= 0.3 is 0 Å². The average molecular weight is 166 g/mol. The quantitative estimate of drug-likeness (QED) is 0.525. The molecule has 0 aliphatic heterocycles. The van der Waals surface area contributed by atoms with Gasteiger partial charge in [0.25, 0.3) is 0 Å². The largest absolute Gasteiger partial charge is 0.396 e. The molecule has 1 nitrogen and oxygen atoms in total. The molecule has 1 aromatic heterocycles. The molecule has 0 bridgehead atoms. The lowest BCUT2D eigenvalue weighted by atomic mass is 10.3. The van der Waals surface area contributed by atoms with Gasteiger partial charge in [0.1, 0.15) is 0 Å². The van der Waals surface area contributed by atoms with E-state index in [1.807, 2.05) is 16.8 Å². The van der Waals surface area contributed by atoms with E-state index in [4.69, 9.17) is 5.11 Å². The van der Waals surface area contributed by atoms with E-state index in [0.717, 1.165) is 18.4 Å². The summed E-state index contributed by atoms with van der Waals surface area (Å²) in [6.07, 6.45) is 1.56. The molecule has 0 aromatic carbocycles. The molecule has 0 aliphatic rings. The van der Waals surface area contributed by atoms with Crippen molar-refractivity contribution in [1.29, 1.82) is 0 Å². The highest BCUT2D eigenvalue weighted by molar-refractivity contribution is 7.08. The van der Waals surface area contributed by atoms with Gasteiger partial charge in [-0.3, -0.25) is 0 Å². The highest BCUT2D eigenvalue weighted by Gasteiger charge is 1.82. The molecule has 0 unspecified atom stereocenters. The van der Waals surface area contributed by atoms with Gasteiger partial charge in [-0.25, -0.2) is 0 Å². The molecule has 0 fully saturated rings. The van der Waals surface area contributed by atoms with Gasteiger partial charge in [-0.05, 0) is 17.9 Å². The SMILES string of the molecule is OCCCC#Cc1ccsc1. The summed E-state index contributed by atoms with van der Waals surface area (Å²) in [7, 11) is 0. The predicted octanol–water partition coefficient (Wildman–Crippen LogP) is 1.87. The van der Waals surface area contributed by atoms with Gasteiger partial charge in [-0.1, -0.05) is 11.8 Å². The minimum absolute atomic E-state index is 0.234. The van der Waals surface area contributed by atoms with Crippen LogP contribution in [0.15, 0.2) is 16.8 Å². The van der Waals surface area contributed by atoms with Crippen LogP contribution in [0.1, 0.15) is 18.4 Å². The van der Waals surface area contributed by atoms with Crippen LogP contribution in [-0.2, 0) is 0 Å². The summed E-state index contributed by atoms with van der Waals surface area (Å²) in [6, 6.07) is 2.00. The van der Waals surface area contributed by atoms with E-state index < -0.39 is 0 Å². The van der Waals surface area contributed by atoms with E-state index in [0.29, 0.717) is 0 Å².